The van der Waals surface area contributed by atoms with Crippen LogP contribution in [0.3, 0.4) is 0 Å². The summed E-state index contributed by atoms with van der Waals surface area (Å²) in [5, 5.41) is 2.77. The number of amides is 1. The van der Waals surface area contributed by atoms with Crippen LogP contribution in [-0.4, -0.2) is 33.3 Å². The molecule has 2 aromatic carbocycles. The highest BCUT2D eigenvalue weighted by Crippen LogP contribution is 2.27. The summed E-state index contributed by atoms with van der Waals surface area (Å²) in [5.41, 5.74) is 7.87. The second-order valence-corrected chi connectivity index (χ2v) is 5.58. The standard InChI is InChI=1S/C19H24N2O4.ClH/c1-13-4-6-14(7-5-13)18(20)19(22)21-8-9-25-17-11-15(23-2)10-16(12-17)24-3;/h4-7,10-12,18H,8-9,20H2,1-3H3,(H,21,22);1H. The summed E-state index contributed by atoms with van der Waals surface area (Å²) in [7, 11) is 3.15. The molecular formula is C19H25ClN2O4. The van der Waals surface area contributed by atoms with Crippen molar-refractivity contribution in [3.05, 3.63) is 53.6 Å². The number of hydrogen-bond donors (Lipinski definition) is 2. The third kappa shape index (κ3) is 6.13. The lowest BCUT2D eigenvalue weighted by molar-refractivity contribution is -0.122. The monoisotopic (exact) mass is 380 g/mol. The van der Waals surface area contributed by atoms with Crippen LogP contribution in [0.1, 0.15) is 17.2 Å². The number of halogens is 1. The number of ether oxygens (including phenoxy) is 3. The lowest BCUT2D eigenvalue weighted by atomic mass is 10.1. The smallest absolute Gasteiger partial charge is 0.241 e. The van der Waals surface area contributed by atoms with Gasteiger partial charge in [0.15, 0.2) is 0 Å². The van der Waals surface area contributed by atoms with Gasteiger partial charge in [0.05, 0.1) is 20.8 Å². The van der Waals surface area contributed by atoms with Crippen LogP contribution in [0.2, 0.25) is 0 Å². The molecule has 0 saturated carbocycles. The van der Waals surface area contributed by atoms with Crippen LogP contribution in [0.25, 0.3) is 0 Å². The third-order valence-electron chi connectivity index (χ3n) is 3.71. The Morgan fingerprint density at radius 3 is 2.12 bits per heavy atom. The normalized spacial score (nSPS) is 11.1. The third-order valence-corrected chi connectivity index (χ3v) is 3.71. The van der Waals surface area contributed by atoms with Crippen molar-refractivity contribution in [2.45, 2.75) is 13.0 Å². The van der Waals surface area contributed by atoms with Crippen molar-refractivity contribution in [3.63, 3.8) is 0 Å². The first-order valence-corrected chi connectivity index (χ1v) is 7.99. The highest BCUT2D eigenvalue weighted by molar-refractivity contribution is 5.85. The molecule has 0 saturated heterocycles. The predicted octanol–water partition coefficient (Wildman–Crippen LogP) is 2.63. The molecule has 1 unspecified atom stereocenters. The van der Waals surface area contributed by atoms with Gasteiger partial charge in [-0.15, -0.1) is 12.4 Å². The van der Waals surface area contributed by atoms with E-state index in [0.717, 1.165) is 11.1 Å². The maximum absolute atomic E-state index is 12.1. The lowest BCUT2D eigenvalue weighted by Crippen LogP contribution is -2.36. The number of carbonyl (C=O) groups excluding carboxylic acids is 1. The minimum absolute atomic E-state index is 0. The van der Waals surface area contributed by atoms with E-state index < -0.39 is 6.04 Å². The van der Waals surface area contributed by atoms with Gasteiger partial charge in [-0.2, -0.15) is 0 Å². The fourth-order valence-corrected chi connectivity index (χ4v) is 2.24. The minimum Gasteiger partial charge on any atom is -0.496 e. The Bertz CT molecular complexity index is 685. The van der Waals surface area contributed by atoms with Crippen LogP contribution in [0, 0.1) is 6.92 Å². The topological polar surface area (TPSA) is 82.8 Å². The Morgan fingerprint density at radius 1 is 1.04 bits per heavy atom. The number of benzene rings is 2. The number of carbonyl (C=O) groups is 1. The van der Waals surface area contributed by atoms with Crippen molar-refractivity contribution < 1.29 is 19.0 Å². The molecule has 2 rings (SSSR count). The molecule has 3 N–H and O–H groups in total. The largest absolute Gasteiger partial charge is 0.496 e. The number of aryl methyl sites for hydroxylation is 1. The van der Waals surface area contributed by atoms with E-state index in [2.05, 4.69) is 5.32 Å². The summed E-state index contributed by atoms with van der Waals surface area (Å²) in [4.78, 5) is 12.1. The number of methoxy groups -OCH3 is 2. The molecule has 1 atom stereocenters. The Morgan fingerprint density at radius 2 is 1.58 bits per heavy atom. The van der Waals surface area contributed by atoms with Gasteiger partial charge in [0, 0.05) is 18.2 Å². The van der Waals surface area contributed by atoms with E-state index in [1.807, 2.05) is 31.2 Å². The van der Waals surface area contributed by atoms with Crippen LogP contribution >= 0.6 is 12.4 Å². The van der Waals surface area contributed by atoms with Crippen molar-refractivity contribution in [1.29, 1.82) is 0 Å². The van der Waals surface area contributed by atoms with E-state index in [1.165, 1.54) is 0 Å². The molecule has 0 bridgehead atoms. The first-order chi connectivity index (χ1) is 12.0. The van der Waals surface area contributed by atoms with Crippen molar-refractivity contribution in [2.75, 3.05) is 27.4 Å². The molecule has 0 aliphatic carbocycles. The van der Waals surface area contributed by atoms with Gasteiger partial charge in [0.2, 0.25) is 5.91 Å². The van der Waals surface area contributed by atoms with Crippen molar-refractivity contribution in [2.24, 2.45) is 5.73 Å². The summed E-state index contributed by atoms with van der Waals surface area (Å²) >= 11 is 0. The van der Waals surface area contributed by atoms with Gasteiger partial charge in [0.25, 0.3) is 0 Å². The second kappa shape index (κ2) is 10.5. The quantitative estimate of drug-likeness (QED) is 0.688. The average Bonchev–Trinajstić information content (AvgIpc) is 2.64. The summed E-state index contributed by atoms with van der Waals surface area (Å²) in [6.45, 7) is 2.64. The fourth-order valence-electron chi connectivity index (χ4n) is 2.24. The van der Waals surface area contributed by atoms with Gasteiger partial charge in [0.1, 0.15) is 29.9 Å². The minimum atomic E-state index is -0.697. The zero-order valence-electron chi connectivity index (χ0n) is 15.2. The van der Waals surface area contributed by atoms with Gasteiger partial charge in [-0.25, -0.2) is 0 Å². The summed E-state index contributed by atoms with van der Waals surface area (Å²) in [5.74, 6) is 1.64. The van der Waals surface area contributed by atoms with E-state index >= 15 is 0 Å². The van der Waals surface area contributed by atoms with Crippen LogP contribution in [0.15, 0.2) is 42.5 Å². The molecule has 0 heterocycles. The molecule has 1 amide bonds. The van der Waals surface area contributed by atoms with Crippen LogP contribution in [0.5, 0.6) is 17.2 Å². The number of nitrogens with two attached hydrogens (primary N) is 1. The molecule has 26 heavy (non-hydrogen) atoms. The van der Waals surface area contributed by atoms with Crippen LogP contribution in [-0.2, 0) is 4.79 Å². The van der Waals surface area contributed by atoms with E-state index in [9.17, 15) is 4.79 Å². The first-order valence-electron chi connectivity index (χ1n) is 7.99. The Labute approximate surface area is 160 Å². The molecule has 0 aliphatic rings. The number of nitrogens with one attached hydrogen (secondary N) is 1. The molecule has 0 fully saturated rings. The molecular weight excluding hydrogens is 356 g/mol. The van der Waals surface area contributed by atoms with Gasteiger partial charge in [-0.1, -0.05) is 29.8 Å². The first kappa shape index (κ1) is 21.6. The maximum atomic E-state index is 12.1. The molecule has 0 aromatic heterocycles. The van der Waals surface area contributed by atoms with Crippen molar-refractivity contribution in [3.8, 4) is 17.2 Å². The zero-order valence-corrected chi connectivity index (χ0v) is 16.0. The predicted molar refractivity (Wildman–Crippen MR) is 103 cm³/mol. The Kier molecular flexibility index (Phi) is 8.75. The number of hydrogen-bond acceptors (Lipinski definition) is 5. The molecule has 142 valence electrons. The number of rotatable bonds is 8. The van der Waals surface area contributed by atoms with Crippen LogP contribution < -0.4 is 25.3 Å². The van der Waals surface area contributed by atoms with E-state index in [0.29, 0.717) is 30.4 Å². The van der Waals surface area contributed by atoms with Gasteiger partial charge >= 0.3 is 0 Å². The lowest BCUT2D eigenvalue weighted by Gasteiger charge is -2.14. The van der Waals surface area contributed by atoms with E-state index in [1.54, 1.807) is 32.4 Å². The van der Waals surface area contributed by atoms with E-state index in [4.69, 9.17) is 19.9 Å². The molecule has 6 nitrogen and oxygen atoms in total. The molecule has 2 aromatic rings. The van der Waals surface area contributed by atoms with Crippen LogP contribution in [0.4, 0.5) is 0 Å². The van der Waals surface area contributed by atoms with Crippen molar-refractivity contribution in [1.82, 2.24) is 5.32 Å². The van der Waals surface area contributed by atoms with Gasteiger partial charge in [-0.05, 0) is 12.5 Å². The van der Waals surface area contributed by atoms with E-state index in [-0.39, 0.29) is 18.3 Å². The van der Waals surface area contributed by atoms with Gasteiger partial charge in [-0.3, -0.25) is 4.79 Å². The maximum Gasteiger partial charge on any atom is 0.241 e. The highest BCUT2D eigenvalue weighted by atomic mass is 35.5. The van der Waals surface area contributed by atoms with Gasteiger partial charge < -0.3 is 25.3 Å². The Hall–Kier alpha value is -2.44. The molecule has 7 heteroatoms. The SMILES string of the molecule is COc1cc(OC)cc(OCCNC(=O)C(N)c2ccc(C)cc2)c1.Cl. The zero-order chi connectivity index (χ0) is 18.2. The fraction of sp³-hybridized carbons (Fsp3) is 0.316. The van der Waals surface area contributed by atoms with Crippen molar-refractivity contribution >= 4 is 18.3 Å². The summed E-state index contributed by atoms with van der Waals surface area (Å²) < 4.78 is 16.0. The highest BCUT2D eigenvalue weighted by Gasteiger charge is 2.14. The molecule has 0 radical (unpaired) electrons. The molecule has 0 spiro atoms. The summed E-state index contributed by atoms with van der Waals surface area (Å²) in [6, 6.07) is 12.2. The Balaban J connectivity index is 0.00000338. The molecule has 0 aliphatic heterocycles. The summed E-state index contributed by atoms with van der Waals surface area (Å²) in [6.07, 6.45) is 0. The second-order valence-electron chi connectivity index (χ2n) is 5.58. The average molecular weight is 381 g/mol.